The first kappa shape index (κ1) is 18.4. The fourth-order valence-electron chi connectivity index (χ4n) is 4.80. The number of benzene rings is 1. The molecule has 4 heterocycles. The standard InChI is InChI=1S/C23H24N6O2/c30-22(20-17-6-1-2-7-18(17)25-26-20)27-12-4-5-16(14-27)29-21-19(8-3-11-24-21)28(23(29)31)13-15-9-10-15/h1-3,6-8,11,15-16H,4-5,9-10,12-14H2,(H,25,26)/t16-/m0/s1. The maximum absolute atomic E-state index is 13.4. The van der Waals surface area contributed by atoms with E-state index in [1.54, 1.807) is 6.20 Å². The molecule has 0 spiro atoms. The van der Waals surface area contributed by atoms with Crippen molar-refractivity contribution in [3.8, 4) is 0 Å². The molecule has 1 N–H and O–H groups in total. The Kier molecular flexibility index (Phi) is 4.19. The number of rotatable bonds is 4. The van der Waals surface area contributed by atoms with E-state index in [4.69, 9.17) is 0 Å². The molecule has 2 fully saturated rings. The fourth-order valence-corrected chi connectivity index (χ4v) is 4.80. The third-order valence-corrected chi connectivity index (χ3v) is 6.58. The number of H-pyrrole nitrogens is 1. The second-order valence-electron chi connectivity index (χ2n) is 8.72. The highest BCUT2D eigenvalue weighted by molar-refractivity contribution is 6.04. The van der Waals surface area contributed by atoms with E-state index < -0.39 is 0 Å². The molecular formula is C23H24N6O2. The first-order valence-corrected chi connectivity index (χ1v) is 11.0. The highest BCUT2D eigenvalue weighted by Gasteiger charge is 2.31. The molecule has 1 aliphatic heterocycles. The van der Waals surface area contributed by atoms with Gasteiger partial charge < -0.3 is 4.90 Å². The van der Waals surface area contributed by atoms with Crippen LogP contribution in [0.4, 0.5) is 0 Å². The number of amides is 1. The van der Waals surface area contributed by atoms with Gasteiger partial charge in [0.15, 0.2) is 11.3 Å². The average Bonchev–Trinajstić information content (AvgIpc) is 3.46. The average molecular weight is 416 g/mol. The number of aromatic nitrogens is 5. The number of hydrogen-bond acceptors (Lipinski definition) is 4. The highest BCUT2D eigenvalue weighted by Crippen LogP contribution is 2.32. The number of likely N-dealkylation sites (tertiary alicyclic amines) is 1. The summed E-state index contributed by atoms with van der Waals surface area (Å²) in [5.74, 6) is 0.499. The molecule has 1 saturated carbocycles. The van der Waals surface area contributed by atoms with Gasteiger partial charge in [0.1, 0.15) is 0 Å². The van der Waals surface area contributed by atoms with Crippen LogP contribution in [0.15, 0.2) is 47.4 Å². The van der Waals surface area contributed by atoms with Gasteiger partial charge in [0.2, 0.25) is 0 Å². The van der Waals surface area contributed by atoms with Gasteiger partial charge >= 0.3 is 5.69 Å². The summed E-state index contributed by atoms with van der Waals surface area (Å²) < 4.78 is 3.70. The Bertz CT molecular complexity index is 1350. The van der Waals surface area contributed by atoms with Crippen molar-refractivity contribution in [3.63, 3.8) is 0 Å². The number of imidazole rings is 1. The number of hydrogen-bond donors (Lipinski definition) is 1. The maximum atomic E-state index is 13.4. The first-order valence-electron chi connectivity index (χ1n) is 11.0. The number of para-hydroxylation sites is 1. The Morgan fingerprint density at radius 2 is 2.00 bits per heavy atom. The second kappa shape index (κ2) is 7.08. The van der Waals surface area contributed by atoms with Crippen LogP contribution in [0.1, 0.15) is 42.2 Å². The Hall–Kier alpha value is -3.42. The minimum atomic E-state index is -0.0927. The second-order valence-corrected chi connectivity index (χ2v) is 8.72. The topological polar surface area (TPSA) is 88.8 Å². The lowest BCUT2D eigenvalue weighted by atomic mass is 10.0. The van der Waals surface area contributed by atoms with Gasteiger partial charge in [-0.05, 0) is 49.8 Å². The quantitative estimate of drug-likeness (QED) is 0.554. The highest BCUT2D eigenvalue weighted by atomic mass is 16.2. The lowest BCUT2D eigenvalue weighted by molar-refractivity contribution is 0.0675. The molecule has 1 saturated heterocycles. The van der Waals surface area contributed by atoms with Gasteiger partial charge in [-0.1, -0.05) is 18.2 Å². The molecule has 1 aromatic carbocycles. The summed E-state index contributed by atoms with van der Waals surface area (Å²) >= 11 is 0. The van der Waals surface area contributed by atoms with Crippen molar-refractivity contribution in [2.24, 2.45) is 5.92 Å². The van der Waals surface area contributed by atoms with Crippen molar-refractivity contribution in [2.45, 2.75) is 38.3 Å². The van der Waals surface area contributed by atoms with Crippen molar-refractivity contribution in [3.05, 3.63) is 58.8 Å². The number of carbonyl (C=O) groups excluding carboxylic acids is 1. The van der Waals surface area contributed by atoms with Crippen LogP contribution >= 0.6 is 0 Å². The molecule has 2 aliphatic rings. The molecule has 4 aromatic rings. The first-order chi connectivity index (χ1) is 15.2. The number of nitrogens with zero attached hydrogens (tertiary/aromatic N) is 5. The van der Waals surface area contributed by atoms with Crippen LogP contribution < -0.4 is 5.69 Å². The molecule has 158 valence electrons. The van der Waals surface area contributed by atoms with Gasteiger partial charge in [0, 0.05) is 31.2 Å². The fraction of sp³-hybridized carbons (Fsp3) is 0.391. The Balaban J connectivity index is 1.35. The zero-order chi connectivity index (χ0) is 20.9. The zero-order valence-electron chi connectivity index (χ0n) is 17.2. The number of piperidine rings is 1. The Labute approximate surface area is 178 Å². The van der Waals surface area contributed by atoms with E-state index >= 15 is 0 Å². The van der Waals surface area contributed by atoms with Crippen LogP contribution in [0.2, 0.25) is 0 Å². The van der Waals surface area contributed by atoms with E-state index in [-0.39, 0.29) is 17.6 Å². The monoisotopic (exact) mass is 416 g/mol. The summed E-state index contributed by atoms with van der Waals surface area (Å²) in [4.78, 5) is 33.1. The van der Waals surface area contributed by atoms with Crippen molar-refractivity contribution in [2.75, 3.05) is 13.1 Å². The van der Waals surface area contributed by atoms with Gasteiger partial charge in [-0.2, -0.15) is 5.10 Å². The van der Waals surface area contributed by atoms with E-state index in [9.17, 15) is 9.59 Å². The summed E-state index contributed by atoms with van der Waals surface area (Å²) in [6.45, 7) is 1.90. The number of carbonyl (C=O) groups is 1. The van der Waals surface area contributed by atoms with E-state index in [0.29, 0.717) is 24.7 Å². The molecule has 8 nitrogen and oxygen atoms in total. The van der Waals surface area contributed by atoms with Crippen molar-refractivity contribution >= 4 is 28.0 Å². The Morgan fingerprint density at radius 1 is 1.13 bits per heavy atom. The lowest BCUT2D eigenvalue weighted by Crippen LogP contribution is -2.43. The third-order valence-electron chi connectivity index (χ3n) is 6.58. The molecule has 1 amide bonds. The summed E-state index contributed by atoms with van der Waals surface area (Å²) in [6.07, 6.45) is 5.80. The predicted molar refractivity (Wildman–Crippen MR) is 117 cm³/mol. The van der Waals surface area contributed by atoms with Gasteiger partial charge in [0.05, 0.1) is 17.1 Å². The molecule has 0 unspecified atom stereocenters. The molecule has 6 rings (SSSR count). The summed E-state index contributed by atoms with van der Waals surface area (Å²) in [5, 5.41) is 8.05. The molecule has 31 heavy (non-hydrogen) atoms. The summed E-state index contributed by atoms with van der Waals surface area (Å²) in [5.41, 5.74) is 2.89. The molecule has 3 aromatic heterocycles. The van der Waals surface area contributed by atoms with Gasteiger partial charge in [-0.3, -0.25) is 19.0 Å². The molecule has 8 heteroatoms. The van der Waals surface area contributed by atoms with Crippen LogP contribution in [0.25, 0.3) is 22.1 Å². The minimum Gasteiger partial charge on any atom is -0.335 e. The van der Waals surface area contributed by atoms with Crippen LogP contribution in [-0.2, 0) is 6.54 Å². The van der Waals surface area contributed by atoms with Crippen molar-refractivity contribution in [1.29, 1.82) is 0 Å². The molecule has 0 radical (unpaired) electrons. The van der Waals surface area contributed by atoms with E-state index in [2.05, 4.69) is 15.2 Å². The van der Waals surface area contributed by atoms with Gasteiger partial charge in [-0.25, -0.2) is 9.78 Å². The lowest BCUT2D eigenvalue weighted by Gasteiger charge is -2.32. The number of pyridine rings is 1. The van der Waals surface area contributed by atoms with Gasteiger partial charge in [0.25, 0.3) is 5.91 Å². The summed E-state index contributed by atoms with van der Waals surface area (Å²) in [6, 6.07) is 11.4. The molecule has 1 aliphatic carbocycles. The number of aromatic amines is 1. The largest absolute Gasteiger partial charge is 0.335 e. The molecular weight excluding hydrogens is 392 g/mol. The maximum Gasteiger partial charge on any atom is 0.330 e. The van der Waals surface area contributed by atoms with Crippen molar-refractivity contribution in [1.82, 2.24) is 29.2 Å². The van der Waals surface area contributed by atoms with E-state index in [0.717, 1.165) is 41.5 Å². The number of fused-ring (bicyclic) bond motifs is 2. The van der Waals surface area contributed by atoms with E-state index in [1.165, 1.54) is 12.8 Å². The van der Waals surface area contributed by atoms with Gasteiger partial charge in [-0.15, -0.1) is 0 Å². The van der Waals surface area contributed by atoms with Crippen LogP contribution in [-0.4, -0.2) is 48.2 Å². The minimum absolute atomic E-state index is 0.00915. The Morgan fingerprint density at radius 3 is 2.87 bits per heavy atom. The smallest absolute Gasteiger partial charge is 0.330 e. The molecule has 0 bridgehead atoms. The zero-order valence-corrected chi connectivity index (χ0v) is 17.2. The third kappa shape index (κ3) is 3.05. The normalized spacial score (nSPS) is 19.4. The summed E-state index contributed by atoms with van der Waals surface area (Å²) in [7, 11) is 0. The predicted octanol–water partition coefficient (Wildman–Crippen LogP) is 2.96. The van der Waals surface area contributed by atoms with Crippen LogP contribution in [0.3, 0.4) is 0 Å². The molecule has 1 atom stereocenters. The van der Waals surface area contributed by atoms with E-state index in [1.807, 2.05) is 50.4 Å². The van der Waals surface area contributed by atoms with Crippen molar-refractivity contribution < 1.29 is 4.79 Å². The van der Waals surface area contributed by atoms with Crippen LogP contribution in [0.5, 0.6) is 0 Å². The van der Waals surface area contributed by atoms with Crippen LogP contribution in [0, 0.1) is 5.92 Å². The SMILES string of the molecule is O=C(c1n[nH]c2ccccc12)N1CCC[C@H](n2c(=O)n(CC3CC3)c3cccnc32)C1. The number of nitrogens with one attached hydrogen (secondary N) is 1.